The zero-order valence-electron chi connectivity index (χ0n) is 11.7. The number of carbonyl (C=O) groups excluding carboxylic acids is 1. The summed E-state index contributed by atoms with van der Waals surface area (Å²) < 4.78 is 12.0. The van der Waals surface area contributed by atoms with Crippen molar-refractivity contribution in [2.45, 2.75) is 0 Å². The lowest BCUT2D eigenvalue weighted by Gasteiger charge is -2.07. The third-order valence-electron chi connectivity index (χ3n) is 2.83. The van der Waals surface area contributed by atoms with Gasteiger partial charge < -0.3 is 9.47 Å². The summed E-state index contributed by atoms with van der Waals surface area (Å²) >= 11 is 0. The summed E-state index contributed by atoms with van der Waals surface area (Å²) in [5.41, 5.74) is 1.36. The lowest BCUT2D eigenvalue weighted by molar-refractivity contribution is 0.104. The van der Waals surface area contributed by atoms with Gasteiger partial charge in [0.15, 0.2) is 5.78 Å². The molecular formula is C15H16N2O3. The van der Waals surface area contributed by atoms with Crippen molar-refractivity contribution < 1.29 is 14.3 Å². The van der Waals surface area contributed by atoms with Crippen molar-refractivity contribution in [2.75, 3.05) is 14.2 Å². The standard InChI is InChI=1S/C15H16N2O3/c1-17-10-11(9-16-17)4-7-14(18)13-6-5-12(19-2)8-15(13)20-3/h4-10H,1-3H3/b7-4-. The highest BCUT2D eigenvalue weighted by atomic mass is 16.5. The van der Waals surface area contributed by atoms with Crippen molar-refractivity contribution in [3.63, 3.8) is 0 Å². The highest BCUT2D eigenvalue weighted by Crippen LogP contribution is 2.25. The molecule has 0 unspecified atom stereocenters. The second-order valence-electron chi connectivity index (χ2n) is 4.21. The molecule has 0 amide bonds. The summed E-state index contributed by atoms with van der Waals surface area (Å²) in [6.45, 7) is 0. The minimum Gasteiger partial charge on any atom is -0.497 e. The number of hydrogen-bond donors (Lipinski definition) is 0. The first-order valence-electron chi connectivity index (χ1n) is 6.07. The molecule has 0 radical (unpaired) electrons. The minimum absolute atomic E-state index is 0.131. The van der Waals surface area contributed by atoms with E-state index in [1.165, 1.54) is 13.2 Å². The Morgan fingerprint density at radius 2 is 2.10 bits per heavy atom. The predicted molar refractivity (Wildman–Crippen MR) is 76.1 cm³/mol. The van der Waals surface area contributed by atoms with E-state index >= 15 is 0 Å². The van der Waals surface area contributed by atoms with Crippen molar-refractivity contribution in [2.24, 2.45) is 7.05 Å². The molecule has 1 aromatic carbocycles. The Kier molecular flexibility index (Phi) is 4.20. The Hall–Kier alpha value is -2.56. The number of aryl methyl sites for hydroxylation is 1. The van der Waals surface area contributed by atoms with Gasteiger partial charge in [0, 0.05) is 24.9 Å². The summed E-state index contributed by atoms with van der Waals surface area (Å²) in [7, 11) is 4.92. The van der Waals surface area contributed by atoms with Gasteiger partial charge in [0.1, 0.15) is 11.5 Å². The fourth-order valence-corrected chi connectivity index (χ4v) is 1.79. The van der Waals surface area contributed by atoms with Gasteiger partial charge in [-0.1, -0.05) is 0 Å². The van der Waals surface area contributed by atoms with Crippen LogP contribution >= 0.6 is 0 Å². The Morgan fingerprint density at radius 3 is 2.70 bits per heavy atom. The van der Waals surface area contributed by atoms with Crippen LogP contribution in [0.25, 0.3) is 6.08 Å². The van der Waals surface area contributed by atoms with Crippen LogP contribution in [-0.4, -0.2) is 29.8 Å². The second-order valence-corrected chi connectivity index (χ2v) is 4.21. The number of hydrogen-bond acceptors (Lipinski definition) is 4. The number of rotatable bonds is 5. The van der Waals surface area contributed by atoms with Crippen LogP contribution in [0.5, 0.6) is 11.5 Å². The van der Waals surface area contributed by atoms with Crippen molar-refractivity contribution in [3.05, 3.63) is 47.8 Å². The zero-order valence-corrected chi connectivity index (χ0v) is 11.7. The normalized spacial score (nSPS) is 10.8. The van der Waals surface area contributed by atoms with Crippen LogP contribution in [0.15, 0.2) is 36.7 Å². The predicted octanol–water partition coefficient (Wildman–Crippen LogP) is 2.33. The molecule has 0 saturated carbocycles. The fourth-order valence-electron chi connectivity index (χ4n) is 1.79. The topological polar surface area (TPSA) is 53.3 Å². The second kappa shape index (κ2) is 6.06. The molecule has 0 aliphatic rings. The van der Waals surface area contributed by atoms with Crippen LogP contribution in [0.3, 0.4) is 0 Å². The highest BCUT2D eigenvalue weighted by Gasteiger charge is 2.10. The fraction of sp³-hybridized carbons (Fsp3) is 0.200. The van der Waals surface area contributed by atoms with Gasteiger partial charge >= 0.3 is 0 Å². The number of allylic oxidation sites excluding steroid dienone is 1. The molecule has 0 bridgehead atoms. The van der Waals surface area contributed by atoms with E-state index in [9.17, 15) is 4.79 Å². The molecule has 5 nitrogen and oxygen atoms in total. The number of ketones is 1. The van der Waals surface area contributed by atoms with E-state index in [2.05, 4.69) is 5.10 Å². The number of ether oxygens (including phenoxy) is 2. The van der Waals surface area contributed by atoms with Gasteiger partial charge in [0.05, 0.1) is 26.0 Å². The maximum absolute atomic E-state index is 12.2. The maximum atomic E-state index is 12.2. The van der Waals surface area contributed by atoms with E-state index in [1.807, 2.05) is 13.2 Å². The molecule has 0 fully saturated rings. The number of carbonyl (C=O) groups is 1. The summed E-state index contributed by atoms with van der Waals surface area (Å²) in [5.74, 6) is 1.01. The van der Waals surface area contributed by atoms with Gasteiger partial charge in [-0.05, 0) is 24.3 Å². The molecule has 0 N–H and O–H groups in total. The number of aromatic nitrogens is 2. The molecule has 5 heteroatoms. The third-order valence-corrected chi connectivity index (χ3v) is 2.83. The van der Waals surface area contributed by atoms with Gasteiger partial charge in [-0.3, -0.25) is 9.48 Å². The monoisotopic (exact) mass is 272 g/mol. The first-order chi connectivity index (χ1) is 9.63. The lowest BCUT2D eigenvalue weighted by atomic mass is 10.1. The molecule has 2 aromatic rings. The van der Waals surface area contributed by atoms with Gasteiger partial charge in [-0.15, -0.1) is 0 Å². The Bertz CT molecular complexity index is 644. The van der Waals surface area contributed by atoms with E-state index in [0.717, 1.165) is 5.56 Å². The van der Waals surface area contributed by atoms with Crippen LogP contribution in [0.2, 0.25) is 0 Å². The molecule has 0 aliphatic carbocycles. The molecule has 0 aliphatic heterocycles. The molecule has 20 heavy (non-hydrogen) atoms. The highest BCUT2D eigenvalue weighted by molar-refractivity contribution is 6.08. The zero-order chi connectivity index (χ0) is 14.5. The van der Waals surface area contributed by atoms with E-state index in [1.54, 1.807) is 42.3 Å². The molecular weight excluding hydrogens is 256 g/mol. The summed E-state index contributed by atoms with van der Waals surface area (Å²) in [4.78, 5) is 12.2. The number of benzene rings is 1. The van der Waals surface area contributed by atoms with Crippen LogP contribution in [0, 0.1) is 0 Å². The first kappa shape index (κ1) is 13.9. The Balaban J connectivity index is 2.22. The number of methoxy groups -OCH3 is 2. The molecule has 1 heterocycles. The first-order valence-corrected chi connectivity index (χ1v) is 6.07. The van der Waals surface area contributed by atoms with Crippen molar-refractivity contribution in [3.8, 4) is 11.5 Å². The Labute approximate surface area is 117 Å². The van der Waals surface area contributed by atoms with Crippen molar-refractivity contribution in [1.82, 2.24) is 9.78 Å². The largest absolute Gasteiger partial charge is 0.497 e. The van der Waals surface area contributed by atoms with E-state index in [0.29, 0.717) is 17.1 Å². The van der Waals surface area contributed by atoms with Crippen LogP contribution in [0.4, 0.5) is 0 Å². The molecule has 0 saturated heterocycles. The van der Waals surface area contributed by atoms with Crippen LogP contribution < -0.4 is 9.47 Å². The van der Waals surface area contributed by atoms with E-state index in [4.69, 9.17) is 9.47 Å². The Morgan fingerprint density at radius 1 is 1.30 bits per heavy atom. The van der Waals surface area contributed by atoms with Crippen LogP contribution in [0.1, 0.15) is 15.9 Å². The van der Waals surface area contributed by atoms with Gasteiger partial charge in [0.25, 0.3) is 0 Å². The SMILES string of the molecule is COc1ccc(C(=O)/C=C\c2cnn(C)c2)c(OC)c1. The average Bonchev–Trinajstić information content (AvgIpc) is 2.89. The molecule has 0 atom stereocenters. The van der Waals surface area contributed by atoms with Crippen LogP contribution in [-0.2, 0) is 7.05 Å². The summed E-state index contributed by atoms with van der Waals surface area (Å²) in [6, 6.07) is 5.10. The maximum Gasteiger partial charge on any atom is 0.189 e. The quantitative estimate of drug-likeness (QED) is 0.619. The smallest absolute Gasteiger partial charge is 0.189 e. The van der Waals surface area contributed by atoms with E-state index < -0.39 is 0 Å². The average molecular weight is 272 g/mol. The number of nitrogens with zero attached hydrogens (tertiary/aromatic N) is 2. The molecule has 2 rings (SSSR count). The van der Waals surface area contributed by atoms with Gasteiger partial charge in [0.2, 0.25) is 0 Å². The third kappa shape index (κ3) is 3.06. The lowest BCUT2D eigenvalue weighted by Crippen LogP contribution is -1.99. The summed E-state index contributed by atoms with van der Waals surface area (Å²) in [6.07, 6.45) is 6.74. The van der Waals surface area contributed by atoms with Crippen molar-refractivity contribution in [1.29, 1.82) is 0 Å². The minimum atomic E-state index is -0.131. The molecule has 104 valence electrons. The van der Waals surface area contributed by atoms with Gasteiger partial charge in [-0.25, -0.2) is 0 Å². The van der Waals surface area contributed by atoms with Crippen molar-refractivity contribution >= 4 is 11.9 Å². The summed E-state index contributed by atoms with van der Waals surface area (Å²) in [5, 5.41) is 4.04. The molecule has 1 aromatic heterocycles. The van der Waals surface area contributed by atoms with E-state index in [-0.39, 0.29) is 5.78 Å². The van der Waals surface area contributed by atoms with Gasteiger partial charge in [-0.2, -0.15) is 5.10 Å². The molecule has 0 spiro atoms.